The first-order valence-electron chi connectivity index (χ1n) is 9.48. The number of aliphatic hydroxyl groups is 4. The van der Waals surface area contributed by atoms with Gasteiger partial charge in [0.1, 0.15) is 23.9 Å². The van der Waals surface area contributed by atoms with Crippen LogP contribution in [0.25, 0.3) is 0 Å². The third-order valence-electron chi connectivity index (χ3n) is 8.16. The lowest BCUT2D eigenvalue weighted by molar-refractivity contribution is -0.338. The van der Waals surface area contributed by atoms with Gasteiger partial charge in [-0.05, 0) is 18.9 Å². The molecule has 154 valence electrons. The van der Waals surface area contributed by atoms with Crippen LogP contribution in [0.1, 0.15) is 27.2 Å². The van der Waals surface area contributed by atoms with Crippen molar-refractivity contribution in [1.29, 1.82) is 0 Å². The maximum absolute atomic E-state index is 12.4. The lowest BCUT2D eigenvalue weighted by Gasteiger charge is -2.61. The molecule has 0 aromatic carbocycles. The fourth-order valence-corrected chi connectivity index (χ4v) is 7.15. The third kappa shape index (κ3) is 1.61. The lowest BCUT2D eigenvalue weighted by atomic mass is 9.48. The molecule has 2 bridgehead atoms. The summed E-state index contributed by atoms with van der Waals surface area (Å²) in [6.07, 6.45) is -3.56. The number of cyclic esters (lactones) is 1. The van der Waals surface area contributed by atoms with Crippen LogP contribution in [-0.2, 0) is 23.8 Å². The molecular formula is C19H24O9. The van der Waals surface area contributed by atoms with Gasteiger partial charge < -0.3 is 34.6 Å². The minimum atomic E-state index is -2.07. The molecule has 3 aliphatic heterocycles. The molecular weight excluding hydrogens is 372 g/mol. The molecule has 28 heavy (non-hydrogen) atoms. The summed E-state index contributed by atoms with van der Waals surface area (Å²) >= 11 is 0. The van der Waals surface area contributed by atoms with E-state index in [9.17, 15) is 30.0 Å². The normalized spacial score (nSPS) is 59.6. The Labute approximate surface area is 160 Å². The van der Waals surface area contributed by atoms with E-state index in [0.29, 0.717) is 5.57 Å². The predicted octanol–water partition coefficient (Wildman–Crippen LogP) is -1.38. The Hall–Kier alpha value is -1.52. The average molecular weight is 396 g/mol. The zero-order valence-electron chi connectivity index (χ0n) is 15.8. The zero-order valence-corrected chi connectivity index (χ0v) is 15.8. The smallest absolute Gasteiger partial charge is 0.338 e. The second-order valence-electron chi connectivity index (χ2n) is 9.32. The summed E-state index contributed by atoms with van der Waals surface area (Å²) in [5.41, 5.74) is -3.80. The van der Waals surface area contributed by atoms with Gasteiger partial charge in [0, 0.05) is 23.3 Å². The fraction of sp³-hybridized carbons (Fsp3) is 0.789. The number of hydrogen-bond donors (Lipinski definition) is 4. The number of rotatable bonds is 1. The van der Waals surface area contributed by atoms with Gasteiger partial charge in [0.05, 0.1) is 12.0 Å². The first-order valence-corrected chi connectivity index (χ1v) is 9.48. The topological polar surface area (TPSA) is 143 Å². The minimum absolute atomic E-state index is 0.173. The third-order valence-corrected chi connectivity index (χ3v) is 8.16. The maximum atomic E-state index is 12.4. The fourth-order valence-electron chi connectivity index (χ4n) is 7.15. The summed E-state index contributed by atoms with van der Waals surface area (Å²) in [5, 5.41) is 44.7. The molecule has 0 unspecified atom stereocenters. The van der Waals surface area contributed by atoms with E-state index in [2.05, 4.69) is 0 Å². The van der Waals surface area contributed by atoms with Crippen LogP contribution in [0.3, 0.4) is 0 Å². The SMILES string of the molecule is CC1=CC(=O)O[C@H]1[C@]1(C)C[C@@H]2OC(=O)[C@@H](O)[C@]3(O)[C@H](C)[C@H](O)[C@@]4(O)OC[C@@]23[C@H]14. The molecule has 0 amide bonds. The molecule has 0 aromatic heterocycles. The van der Waals surface area contributed by atoms with Gasteiger partial charge in [-0.2, -0.15) is 0 Å². The highest BCUT2D eigenvalue weighted by atomic mass is 16.7. The van der Waals surface area contributed by atoms with Crippen molar-refractivity contribution in [2.75, 3.05) is 6.61 Å². The van der Waals surface area contributed by atoms with Crippen LogP contribution >= 0.6 is 0 Å². The average Bonchev–Trinajstić information content (AvgIpc) is 3.22. The van der Waals surface area contributed by atoms with E-state index in [1.807, 2.05) is 0 Å². The summed E-state index contributed by atoms with van der Waals surface area (Å²) < 4.78 is 16.7. The number of carbonyl (C=O) groups is 2. The van der Waals surface area contributed by atoms with E-state index in [1.165, 1.54) is 13.0 Å². The Kier molecular flexibility index (Phi) is 3.28. The lowest BCUT2D eigenvalue weighted by Crippen LogP contribution is -2.78. The first-order chi connectivity index (χ1) is 12.9. The quantitative estimate of drug-likeness (QED) is 0.394. The second kappa shape index (κ2) is 4.96. The summed E-state index contributed by atoms with van der Waals surface area (Å²) in [6.45, 7) is 4.75. The summed E-state index contributed by atoms with van der Waals surface area (Å²) in [7, 11) is 0. The molecule has 2 saturated heterocycles. The van der Waals surface area contributed by atoms with Crippen molar-refractivity contribution in [2.24, 2.45) is 22.7 Å². The van der Waals surface area contributed by atoms with E-state index in [-0.39, 0.29) is 13.0 Å². The molecule has 3 heterocycles. The zero-order chi connectivity index (χ0) is 20.4. The van der Waals surface area contributed by atoms with Crippen LogP contribution < -0.4 is 0 Å². The Morgan fingerprint density at radius 3 is 2.46 bits per heavy atom. The molecule has 0 radical (unpaired) electrons. The van der Waals surface area contributed by atoms with Gasteiger partial charge in [-0.15, -0.1) is 0 Å². The van der Waals surface area contributed by atoms with Gasteiger partial charge in [-0.25, -0.2) is 9.59 Å². The molecule has 4 N–H and O–H groups in total. The van der Waals surface area contributed by atoms with E-state index < -0.39 is 70.4 Å². The van der Waals surface area contributed by atoms with Crippen LogP contribution in [0.15, 0.2) is 11.6 Å². The molecule has 0 aromatic rings. The summed E-state index contributed by atoms with van der Waals surface area (Å²) in [4.78, 5) is 24.3. The first kappa shape index (κ1) is 18.5. The van der Waals surface area contributed by atoms with Crippen molar-refractivity contribution in [2.45, 2.75) is 63.0 Å². The van der Waals surface area contributed by atoms with E-state index in [1.54, 1.807) is 13.8 Å². The molecule has 5 rings (SSSR count). The molecule has 4 fully saturated rings. The molecule has 9 heteroatoms. The van der Waals surface area contributed by atoms with E-state index in [4.69, 9.17) is 14.2 Å². The Morgan fingerprint density at radius 1 is 1.18 bits per heavy atom. The molecule has 2 aliphatic carbocycles. The predicted molar refractivity (Wildman–Crippen MR) is 89.2 cm³/mol. The number of aliphatic hydroxyl groups excluding tert-OH is 2. The van der Waals surface area contributed by atoms with Crippen LogP contribution in [0.2, 0.25) is 0 Å². The molecule has 2 saturated carbocycles. The van der Waals surface area contributed by atoms with E-state index >= 15 is 0 Å². The van der Waals surface area contributed by atoms with Gasteiger partial charge in [-0.3, -0.25) is 0 Å². The highest BCUT2D eigenvalue weighted by molar-refractivity contribution is 5.86. The Bertz CT molecular complexity index is 824. The molecule has 9 nitrogen and oxygen atoms in total. The van der Waals surface area contributed by atoms with Crippen LogP contribution in [0.5, 0.6) is 0 Å². The highest BCUT2D eigenvalue weighted by Crippen LogP contribution is 2.75. The summed E-state index contributed by atoms with van der Waals surface area (Å²) in [5.74, 6) is -5.56. The monoisotopic (exact) mass is 396 g/mol. The standard InChI is InChI=1S/C19H24O9/c1-7-4-10(20)28-13(7)16(3)5-9-17-6-26-19(25,15(16)17)11(21)8(2)18(17,24)12(22)14(23)27-9/h4,8-9,11-13,15,21-22,24-25H,5-6H2,1-3H3/t8-,9+,11+,12-,13-,15+,16+,17+,18-,19-/m1/s1. The van der Waals surface area contributed by atoms with Crippen LogP contribution in [-0.4, -0.2) is 74.8 Å². The number of hydrogen-bond acceptors (Lipinski definition) is 9. The van der Waals surface area contributed by atoms with Crippen LogP contribution in [0.4, 0.5) is 0 Å². The van der Waals surface area contributed by atoms with Gasteiger partial charge >= 0.3 is 11.9 Å². The van der Waals surface area contributed by atoms with Crippen molar-refractivity contribution in [1.82, 2.24) is 0 Å². The second-order valence-corrected chi connectivity index (χ2v) is 9.32. The maximum Gasteiger partial charge on any atom is 0.338 e. The molecule has 1 spiro atoms. The molecule has 5 aliphatic rings. The highest BCUT2D eigenvalue weighted by Gasteiger charge is 2.88. The Balaban J connectivity index is 1.76. The van der Waals surface area contributed by atoms with Crippen molar-refractivity contribution in [3.05, 3.63) is 11.6 Å². The van der Waals surface area contributed by atoms with Crippen molar-refractivity contribution >= 4 is 11.9 Å². The number of esters is 2. The van der Waals surface area contributed by atoms with E-state index in [0.717, 1.165) is 0 Å². The van der Waals surface area contributed by atoms with Crippen molar-refractivity contribution in [3.63, 3.8) is 0 Å². The number of ether oxygens (including phenoxy) is 3. The Morgan fingerprint density at radius 2 is 1.86 bits per heavy atom. The van der Waals surface area contributed by atoms with Gasteiger partial charge in [0.2, 0.25) is 0 Å². The molecule has 10 atom stereocenters. The largest absolute Gasteiger partial charge is 0.460 e. The van der Waals surface area contributed by atoms with Gasteiger partial charge in [-0.1, -0.05) is 13.8 Å². The van der Waals surface area contributed by atoms with Crippen molar-refractivity contribution < 1.29 is 44.2 Å². The number of carbonyl (C=O) groups excluding carboxylic acids is 2. The minimum Gasteiger partial charge on any atom is -0.460 e. The van der Waals surface area contributed by atoms with Gasteiger partial charge in [0.25, 0.3) is 0 Å². The van der Waals surface area contributed by atoms with Crippen molar-refractivity contribution in [3.8, 4) is 0 Å². The van der Waals surface area contributed by atoms with Gasteiger partial charge in [0.15, 0.2) is 11.9 Å². The summed E-state index contributed by atoms with van der Waals surface area (Å²) in [6, 6.07) is 0. The van der Waals surface area contributed by atoms with Crippen LogP contribution in [0, 0.1) is 22.7 Å².